The molecule has 2 fully saturated rings. The first-order valence-electron chi connectivity index (χ1n) is 9.35. The van der Waals surface area contributed by atoms with E-state index < -0.39 is 10.0 Å². The summed E-state index contributed by atoms with van der Waals surface area (Å²) in [6, 6.07) is 0. The third-order valence-corrected chi connectivity index (χ3v) is 6.84. The molecule has 6 nitrogen and oxygen atoms in total. The minimum Gasteiger partial charge on any atom is -0.402 e. The first kappa shape index (κ1) is 18.9. The van der Waals surface area contributed by atoms with E-state index in [1.165, 1.54) is 11.8 Å². The van der Waals surface area contributed by atoms with Gasteiger partial charge in [-0.15, -0.1) is 0 Å². The van der Waals surface area contributed by atoms with Crippen molar-refractivity contribution in [2.75, 3.05) is 45.6 Å². The van der Waals surface area contributed by atoms with Crippen molar-refractivity contribution < 1.29 is 13.2 Å². The minimum atomic E-state index is -3.04. The van der Waals surface area contributed by atoms with Gasteiger partial charge in [-0.05, 0) is 37.2 Å². The van der Waals surface area contributed by atoms with Crippen LogP contribution in [-0.2, 0) is 14.8 Å². The van der Waals surface area contributed by atoms with Crippen LogP contribution >= 0.6 is 0 Å². The Kier molecular flexibility index (Phi) is 6.20. The van der Waals surface area contributed by atoms with E-state index in [0.29, 0.717) is 19.0 Å². The zero-order valence-electron chi connectivity index (χ0n) is 15.2. The summed E-state index contributed by atoms with van der Waals surface area (Å²) in [6.07, 6.45) is 10.7. The first-order valence-corrected chi connectivity index (χ1v) is 11.2. The number of hydrogen-bond donors (Lipinski definition) is 1. The Labute approximate surface area is 151 Å². The number of rotatable bonds is 5. The van der Waals surface area contributed by atoms with Gasteiger partial charge in [0.25, 0.3) is 0 Å². The molecular formula is C18H31N3O3S. The summed E-state index contributed by atoms with van der Waals surface area (Å²) in [4.78, 5) is 2.48. The Morgan fingerprint density at radius 3 is 2.72 bits per heavy atom. The standard InChI is InChI=1S/C18H31N3O3S/c1-25(22,23)21-8-6-15(7-9-21)13-20-10-11-24-17(14-20)12-16-4-2-3-5-18(16)19/h2,4,15,17H,3,5-14,19H2,1H3. The highest BCUT2D eigenvalue weighted by Crippen LogP contribution is 2.24. The van der Waals surface area contributed by atoms with E-state index in [9.17, 15) is 8.42 Å². The molecule has 3 aliphatic rings. The fraction of sp³-hybridized carbons (Fsp3) is 0.778. The predicted molar refractivity (Wildman–Crippen MR) is 99.5 cm³/mol. The van der Waals surface area contributed by atoms with Crippen molar-refractivity contribution in [2.24, 2.45) is 11.7 Å². The molecule has 25 heavy (non-hydrogen) atoms. The number of sulfonamides is 1. The normalized spacial score (nSPS) is 27.8. The molecule has 1 atom stereocenters. The lowest BCUT2D eigenvalue weighted by atomic mass is 9.95. The lowest BCUT2D eigenvalue weighted by Gasteiger charge is -2.38. The van der Waals surface area contributed by atoms with Gasteiger partial charge in [0, 0.05) is 44.8 Å². The van der Waals surface area contributed by atoms with Gasteiger partial charge < -0.3 is 10.5 Å². The smallest absolute Gasteiger partial charge is 0.211 e. The second-order valence-corrected chi connectivity index (χ2v) is 9.54. The van der Waals surface area contributed by atoms with Gasteiger partial charge in [-0.1, -0.05) is 12.2 Å². The zero-order valence-corrected chi connectivity index (χ0v) is 16.0. The van der Waals surface area contributed by atoms with Gasteiger partial charge >= 0.3 is 0 Å². The Morgan fingerprint density at radius 1 is 1.28 bits per heavy atom. The van der Waals surface area contributed by atoms with Crippen molar-refractivity contribution in [3.63, 3.8) is 0 Å². The molecule has 2 aliphatic heterocycles. The molecule has 0 amide bonds. The molecule has 1 aliphatic carbocycles. The van der Waals surface area contributed by atoms with E-state index in [1.807, 2.05) is 0 Å². The average molecular weight is 370 g/mol. The largest absolute Gasteiger partial charge is 0.402 e. The van der Waals surface area contributed by atoms with Crippen LogP contribution in [0.25, 0.3) is 0 Å². The zero-order chi connectivity index (χ0) is 17.9. The molecule has 3 rings (SSSR count). The molecule has 0 aromatic rings. The van der Waals surface area contributed by atoms with Crippen molar-refractivity contribution in [1.29, 1.82) is 0 Å². The van der Waals surface area contributed by atoms with Gasteiger partial charge in [0.15, 0.2) is 0 Å². The Balaban J connectivity index is 1.47. The van der Waals surface area contributed by atoms with Gasteiger partial charge in [-0.2, -0.15) is 0 Å². The number of morpholine rings is 1. The lowest BCUT2D eigenvalue weighted by Crippen LogP contribution is -2.47. The fourth-order valence-electron chi connectivity index (χ4n) is 4.03. The first-order chi connectivity index (χ1) is 11.9. The van der Waals surface area contributed by atoms with Crippen molar-refractivity contribution in [3.05, 3.63) is 23.4 Å². The van der Waals surface area contributed by atoms with Crippen LogP contribution in [0.15, 0.2) is 23.4 Å². The SMILES string of the molecule is CS(=O)(=O)N1CCC(CN2CCOC(CC3=C(N)CCC=C3)C2)CC1. The average Bonchev–Trinajstić information content (AvgIpc) is 2.57. The molecule has 0 aromatic carbocycles. The molecule has 2 N–H and O–H groups in total. The number of piperidine rings is 1. The summed E-state index contributed by atoms with van der Waals surface area (Å²) in [6.45, 7) is 5.03. The third-order valence-electron chi connectivity index (χ3n) is 5.54. The minimum absolute atomic E-state index is 0.209. The Hall–Kier alpha value is -0.890. The second-order valence-electron chi connectivity index (χ2n) is 7.55. The molecule has 2 saturated heterocycles. The van der Waals surface area contributed by atoms with Crippen LogP contribution in [0.3, 0.4) is 0 Å². The number of ether oxygens (including phenoxy) is 1. The number of allylic oxidation sites excluding steroid dienone is 3. The summed E-state index contributed by atoms with van der Waals surface area (Å²) in [5.41, 5.74) is 8.38. The molecule has 0 bridgehead atoms. The maximum atomic E-state index is 11.6. The number of nitrogens with two attached hydrogens (primary N) is 1. The highest BCUT2D eigenvalue weighted by Gasteiger charge is 2.28. The van der Waals surface area contributed by atoms with E-state index in [2.05, 4.69) is 17.1 Å². The van der Waals surface area contributed by atoms with E-state index in [1.54, 1.807) is 4.31 Å². The van der Waals surface area contributed by atoms with Crippen LogP contribution in [0.1, 0.15) is 32.1 Å². The summed E-state index contributed by atoms with van der Waals surface area (Å²) >= 11 is 0. The fourth-order valence-corrected chi connectivity index (χ4v) is 4.91. The maximum absolute atomic E-state index is 11.6. The van der Waals surface area contributed by atoms with Gasteiger partial charge in [-0.3, -0.25) is 4.90 Å². The summed E-state index contributed by atoms with van der Waals surface area (Å²) in [5.74, 6) is 0.579. The number of nitrogens with zero attached hydrogens (tertiary/aromatic N) is 2. The summed E-state index contributed by atoms with van der Waals surface area (Å²) < 4.78 is 30.8. The van der Waals surface area contributed by atoms with Crippen molar-refractivity contribution >= 4 is 10.0 Å². The molecule has 0 aromatic heterocycles. The van der Waals surface area contributed by atoms with Gasteiger partial charge in [-0.25, -0.2) is 12.7 Å². The van der Waals surface area contributed by atoms with Gasteiger partial charge in [0.05, 0.1) is 19.0 Å². The predicted octanol–water partition coefficient (Wildman–Crippen LogP) is 1.31. The van der Waals surface area contributed by atoms with Crippen LogP contribution in [-0.4, -0.2) is 69.3 Å². The molecule has 142 valence electrons. The summed E-state index contributed by atoms with van der Waals surface area (Å²) in [5, 5.41) is 0. The molecule has 7 heteroatoms. The van der Waals surface area contributed by atoms with Crippen LogP contribution in [0.4, 0.5) is 0 Å². The quantitative estimate of drug-likeness (QED) is 0.791. The molecule has 2 heterocycles. The lowest BCUT2D eigenvalue weighted by molar-refractivity contribution is -0.0336. The molecule has 0 saturated carbocycles. The maximum Gasteiger partial charge on any atom is 0.211 e. The second kappa shape index (κ2) is 8.20. The van der Waals surface area contributed by atoms with Gasteiger partial charge in [0.1, 0.15) is 0 Å². The van der Waals surface area contributed by atoms with Crippen molar-refractivity contribution in [2.45, 2.75) is 38.2 Å². The Morgan fingerprint density at radius 2 is 2.04 bits per heavy atom. The van der Waals surface area contributed by atoms with Crippen molar-refractivity contribution in [3.8, 4) is 0 Å². The molecule has 1 unspecified atom stereocenters. The van der Waals surface area contributed by atoms with E-state index >= 15 is 0 Å². The van der Waals surface area contributed by atoms with Crippen LogP contribution in [0.2, 0.25) is 0 Å². The molecule has 0 spiro atoms. The third kappa shape index (κ3) is 5.29. The number of hydrogen-bond acceptors (Lipinski definition) is 5. The Bertz CT molecular complexity index is 621. The van der Waals surface area contributed by atoms with Crippen LogP contribution < -0.4 is 5.73 Å². The van der Waals surface area contributed by atoms with Gasteiger partial charge in [0.2, 0.25) is 10.0 Å². The van der Waals surface area contributed by atoms with Crippen LogP contribution in [0, 0.1) is 5.92 Å². The van der Waals surface area contributed by atoms with Crippen molar-refractivity contribution in [1.82, 2.24) is 9.21 Å². The topological polar surface area (TPSA) is 75.9 Å². The highest BCUT2D eigenvalue weighted by molar-refractivity contribution is 7.88. The summed E-state index contributed by atoms with van der Waals surface area (Å²) in [7, 11) is -3.04. The molecule has 0 radical (unpaired) electrons. The van der Waals surface area contributed by atoms with E-state index in [0.717, 1.165) is 64.0 Å². The highest BCUT2D eigenvalue weighted by atomic mass is 32.2. The molecular weight excluding hydrogens is 338 g/mol. The monoisotopic (exact) mass is 369 g/mol. The van der Waals surface area contributed by atoms with E-state index in [4.69, 9.17) is 10.5 Å². The van der Waals surface area contributed by atoms with E-state index in [-0.39, 0.29) is 6.10 Å². The van der Waals surface area contributed by atoms with Crippen LogP contribution in [0.5, 0.6) is 0 Å².